The Hall–Kier alpha value is -0.760. The van der Waals surface area contributed by atoms with Gasteiger partial charge in [0.05, 0.1) is 16.9 Å². The topological polar surface area (TPSA) is 24.9 Å². The van der Waals surface area contributed by atoms with Gasteiger partial charge in [-0.15, -0.1) is 0 Å². The number of anilines is 1. The zero-order valence-corrected chi connectivity index (χ0v) is 11.2. The summed E-state index contributed by atoms with van der Waals surface area (Å²) >= 11 is 6.21. The molecule has 3 saturated carbocycles. The standard InChI is InChI=1S/C15H19ClN2/c16-13-4-5-17-8-15(13)18-14-7-9-6-12(14)11-3-1-2-10(9)11/h4-5,8-12,14,18H,1-3,6-7H2. The van der Waals surface area contributed by atoms with Crippen LogP contribution in [0.25, 0.3) is 0 Å². The van der Waals surface area contributed by atoms with Gasteiger partial charge in [-0.2, -0.15) is 0 Å². The maximum atomic E-state index is 6.21. The van der Waals surface area contributed by atoms with Crippen molar-refractivity contribution in [3.63, 3.8) is 0 Å². The first-order chi connectivity index (χ1) is 8.83. The molecule has 0 amide bonds. The second-order valence-corrected chi connectivity index (χ2v) is 6.67. The first-order valence-corrected chi connectivity index (χ1v) is 7.57. The lowest BCUT2D eigenvalue weighted by Gasteiger charge is -2.32. The lowest BCUT2D eigenvalue weighted by atomic mass is 9.79. The maximum Gasteiger partial charge on any atom is 0.0718 e. The SMILES string of the molecule is Clc1ccncc1NC1CC2CC1C1CCCC21. The van der Waals surface area contributed by atoms with Crippen molar-refractivity contribution in [3.05, 3.63) is 23.5 Å². The summed E-state index contributed by atoms with van der Waals surface area (Å²) in [5, 5.41) is 4.46. The summed E-state index contributed by atoms with van der Waals surface area (Å²) in [6.45, 7) is 0. The van der Waals surface area contributed by atoms with Gasteiger partial charge in [0.2, 0.25) is 0 Å². The van der Waals surface area contributed by atoms with E-state index in [-0.39, 0.29) is 0 Å². The van der Waals surface area contributed by atoms with E-state index in [0.717, 1.165) is 34.4 Å². The Bertz CT molecular complexity index is 462. The van der Waals surface area contributed by atoms with E-state index < -0.39 is 0 Å². The molecule has 3 aliphatic carbocycles. The van der Waals surface area contributed by atoms with Crippen LogP contribution in [-0.4, -0.2) is 11.0 Å². The average Bonchev–Trinajstić information content (AvgIpc) is 3.03. The van der Waals surface area contributed by atoms with Crippen LogP contribution < -0.4 is 5.32 Å². The zero-order chi connectivity index (χ0) is 12.1. The summed E-state index contributed by atoms with van der Waals surface area (Å²) in [6, 6.07) is 2.51. The van der Waals surface area contributed by atoms with Crippen LogP contribution in [0.2, 0.25) is 5.02 Å². The molecular formula is C15H19ClN2. The molecule has 1 aromatic rings. The molecule has 1 N–H and O–H groups in total. The summed E-state index contributed by atoms with van der Waals surface area (Å²) < 4.78 is 0. The highest BCUT2D eigenvalue weighted by Crippen LogP contribution is 2.59. The van der Waals surface area contributed by atoms with Gasteiger partial charge in [-0.25, -0.2) is 0 Å². The third-order valence-electron chi connectivity index (χ3n) is 5.54. The van der Waals surface area contributed by atoms with Gasteiger partial charge < -0.3 is 5.32 Å². The number of hydrogen-bond donors (Lipinski definition) is 1. The molecule has 96 valence electrons. The first-order valence-electron chi connectivity index (χ1n) is 7.19. The van der Waals surface area contributed by atoms with Crippen molar-refractivity contribution >= 4 is 17.3 Å². The van der Waals surface area contributed by atoms with Crippen LogP contribution in [0, 0.1) is 23.7 Å². The number of hydrogen-bond acceptors (Lipinski definition) is 2. The van der Waals surface area contributed by atoms with E-state index in [2.05, 4.69) is 10.3 Å². The molecule has 3 fully saturated rings. The van der Waals surface area contributed by atoms with Gasteiger partial charge in [-0.05, 0) is 55.4 Å². The van der Waals surface area contributed by atoms with Crippen molar-refractivity contribution < 1.29 is 0 Å². The summed E-state index contributed by atoms with van der Waals surface area (Å²) in [7, 11) is 0. The van der Waals surface area contributed by atoms with Crippen LogP contribution in [0.1, 0.15) is 32.1 Å². The molecule has 0 aromatic carbocycles. The molecule has 18 heavy (non-hydrogen) atoms. The Kier molecular flexibility index (Phi) is 2.54. The predicted octanol–water partition coefficient (Wildman–Crippen LogP) is 3.97. The van der Waals surface area contributed by atoms with Gasteiger partial charge in [0.15, 0.2) is 0 Å². The molecule has 4 rings (SSSR count). The molecule has 3 heteroatoms. The predicted molar refractivity (Wildman–Crippen MR) is 73.7 cm³/mol. The molecule has 2 nitrogen and oxygen atoms in total. The van der Waals surface area contributed by atoms with Gasteiger partial charge in [-0.1, -0.05) is 18.0 Å². The van der Waals surface area contributed by atoms with E-state index in [0.29, 0.717) is 6.04 Å². The van der Waals surface area contributed by atoms with E-state index in [9.17, 15) is 0 Å². The van der Waals surface area contributed by atoms with Crippen molar-refractivity contribution in [2.45, 2.75) is 38.1 Å². The van der Waals surface area contributed by atoms with Gasteiger partial charge in [0, 0.05) is 12.2 Å². The minimum Gasteiger partial charge on any atom is -0.380 e. The van der Waals surface area contributed by atoms with Crippen molar-refractivity contribution in [2.75, 3.05) is 5.32 Å². The molecule has 0 spiro atoms. The number of aromatic nitrogens is 1. The highest BCUT2D eigenvalue weighted by molar-refractivity contribution is 6.33. The summed E-state index contributed by atoms with van der Waals surface area (Å²) in [6.07, 6.45) is 10.8. The number of nitrogens with zero attached hydrogens (tertiary/aromatic N) is 1. The fraction of sp³-hybridized carbons (Fsp3) is 0.667. The Balaban J connectivity index is 1.53. The second-order valence-electron chi connectivity index (χ2n) is 6.26. The van der Waals surface area contributed by atoms with Crippen molar-refractivity contribution in [3.8, 4) is 0 Å². The quantitative estimate of drug-likeness (QED) is 0.872. The van der Waals surface area contributed by atoms with Crippen LogP contribution in [0.15, 0.2) is 18.5 Å². The molecule has 5 unspecified atom stereocenters. The smallest absolute Gasteiger partial charge is 0.0718 e. The van der Waals surface area contributed by atoms with Crippen LogP contribution in [0.3, 0.4) is 0 Å². The molecule has 0 radical (unpaired) electrons. The number of nitrogens with one attached hydrogen (secondary N) is 1. The van der Waals surface area contributed by atoms with E-state index >= 15 is 0 Å². The van der Waals surface area contributed by atoms with E-state index in [4.69, 9.17) is 11.6 Å². The highest BCUT2D eigenvalue weighted by atomic mass is 35.5. The second kappa shape index (κ2) is 4.12. The van der Waals surface area contributed by atoms with Crippen LogP contribution in [0.5, 0.6) is 0 Å². The third-order valence-corrected chi connectivity index (χ3v) is 5.87. The summed E-state index contributed by atoms with van der Waals surface area (Å²) in [5.74, 6) is 3.92. The number of pyridine rings is 1. The Morgan fingerprint density at radius 2 is 2.06 bits per heavy atom. The molecule has 1 aromatic heterocycles. The zero-order valence-electron chi connectivity index (χ0n) is 10.5. The Labute approximate surface area is 113 Å². The molecule has 0 saturated heterocycles. The molecular weight excluding hydrogens is 244 g/mol. The summed E-state index contributed by atoms with van der Waals surface area (Å²) in [5.41, 5.74) is 1.02. The monoisotopic (exact) mass is 262 g/mol. The van der Waals surface area contributed by atoms with Crippen LogP contribution >= 0.6 is 11.6 Å². The first kappa shape index (κ1) is 11.1. The van der Waals surface area contributed by atoms with Crippen molar-refractivity contribution in [1.82, 2.24) is 4.98 Å². The Morgan fingerprint density at radius 1 is 1.17 bits per heavy atom. The highest BCUT2D eigenvalue weighted by Gasteiger charge is 2.53. The maximum absolute atomic E-state index is 6.21. The van der Waals surface area contributed by atoms with Gasteiger partial charge in [0.25, 0.3) is 0 Å². The molecule has 2 bridgehead atoms. The number of halogens is 1. The van der Waals surface area contributed by atoms with Crippen molar-refractivity contribution in [2.24, 2.45) is 23.7 Å². The average molecular weight is 263 g/mol. The van der Waals surface area contributed by atoms with Crippen LogP contribution in [-0.2, 0) is 0 Å². The normalized spacial score (nSPS) is 41.1. The lowest BCUT2D eigenvalue weighted by molar-refractivity contribution is 0.243. The lowest BCUT2D eigenvalue weighted by Crippen LogP contribution is -2.33. The number of rotatable bonds is 2. The minimum atomic E-state index is 0.635. The third kappa shape index (κ3) is 1.58. The van der Waals surface area contributed by atoms with E-state index in [1.807, 2.05) is 12.3 Å². The molecule has 0 aliphatic heterocycles. The molecule has 3 aliphatic rings. The van der Waals surface area contributed by atoms with Gasteiger partial charge in [0.1, 0.15) is 0 Å². The Morgan fingerprint density at radius 3 is 2.94 bits per heavy atom. The minimum absolute atomic E-state index is 0.635. The fourth-order valence-corrected chi connectivity index (χ4v) is 5.08. The molecule has 5 atom stereocenters. The number of fused-ring (bicyclic) bond motifs is 5. The molecule has 1 heterocycles. The fourth-order valence-electron chi connectivity index (χ4n) is 4.92. The largest absolute Gasteiger partial charge is 0.380 e. The van der Waals surface area contributed by atoms with Gasteiger partial charge >= 0.3 is 0 Å². The summed E-state index contributed by atoms with van der Waals surface area (Å²) in [4.78, 5) is 4.17. The van der Waals surface area contributed by atoms with E-state index in [1.165, 1.54) is 32.1 Å². The van der Waals surface area contributed by atoms with Crippen LogP contribution in [0.4, 0.5) is 5.69 Å². The van der Waals surface area contributed by atoms with Crippen molar-refractivity contribution in [1.29, 1.82) is 0 Å². The van der Waals surface area contributed by atoms with Gasteiger partial charge in [-0.3, -0.25) is 4.98 Å². The van der Waals surface area contributed by atoms with E-state index in [1.54, 1.807) is 6.20 Å².